The maximum Gasteiger partial charge on any atom is 0.387 e. The summed E-state index contributed by atoms with van der Waals surface area (Å²) in [7, 11) is 0. The molecule has 0 heterocycles. The Kier molecular flexibility index (Phi) is 3.97. The standard InChI is InChI=1S/C11H10F2O2/c1-8(14)5-6-9-3-2-4-10(7-9)15-11(12)13/h2-7,11H,1H3/b6-5+. The van der Waals surface area contributed by atoms with Crippen LogP contribution in [0.3, 0.4) is 0 Å². The fourth-order valence-electron chi connectivity index (χ4n) is 1.01. The minimum Gasteiger partial charge on any atom is -0.435 e. The summed E-state index contributed by atoms with van der Waals surface area (Å²) in [5.74, 6) is -0.0223. The summed E-state index contributed by atoms with van der Waals surface area (Å²) < 4.78 is 28.0. The van der Waals surface area contributed by atoms with Gasteiger partial charge in [0.1, 0.15) is 5.75 Å². The van der Waals surface area contributed by atoms with Crippen molar-refractivity contribution in [1.82, 2.24) is 0 Å². The molecule has 1 aromatic rings. The van der Waals surface area contributed by atoms with E-state index in [0.29, 0.717) is 5.56 Å². The van der Waals surface area contributed by atoms with Gasteiger partial charge in [0, 0.05) is 0 Å². The van der Waals surface area contributed by atoms with E-state index in [4.69, 9.17) is 0 Å². The van der Waals surface area contributed by atoms with Gasteiger partial charge < -0.3 is 4.74 Å². The third-order valence-corrected chi connectivity index (χ3v) is 1.59. The van der Waals surface area contributed by atoms with Crippen molar-refractivity contribution < 1.29 is 18.3 Å². The molecule has 0 aliphatic carbocycles. The van der Waals surface area contributed by atoms with Crippen LogP contribution in [0, 0.1) is 0 Å². The largest absolute Gasteiger partial charge is 0.435 e. The van der Waals surface area contributed by atoms with Crippen molar-refractivity contribution in [3.8, 4) is 5.75 Å². The van der Waals surface area contributed by atoms with Gasteiger partial charge in [0.05, 0.1) is 0 Å². The molecule has 0 spiro atoms. The van der Waals surface area contributed by atoms with Crippen molar-refractivity contribution in [2.75, 3.05) is 0 Å². The van der Waals surface area contributed by atoms with Crippen LogP contribution in [0.2, 0.25) is 0 Å². The first-order valence-electron chi connectivity index (χ1n) is 4.31. The van der Waals surface area contributed by atoms with Crippen LogP contribution in [0.15, 0.2) is 30.3 Å². The highest BCUT2D eigenvalue weighted by Gasteiger charge is 2.03. The van der Waals surface area contributed by atoms with Gasteiger partial charge in [0.25, 0.3) is 0 Å². The lowest BCUT2D eigenvalue weighted by atomic mass is 10.2. The van der Waals surface area contributed by atoms with Crippen LogP contribution in [-0.4, -0.2) is 12.4 Å². The van der Waals surface area contributed by atoms with Crippen molar-refractivity contribution in [2.24, 2.45) is 0 Å². The number of rotatable bonds is 4. The molecule has 15 heavy (non-hydrogen) atoms. The second-order valence-electron chi connectivity index (χ2n) is 2.89. The van der Waals surface area contributed by atoms with Crippen molar-refractivity contribution in [3.05, 3.63) is 35.9 Å². The number of carbonyl (C=O) groups is 1. The highest BCUT2D eigenvalue weighted by molar-refractivity contribution is 5.91. The van der Waals surface area contributed by atoms with E-state index in [-0.39, 0.29) is 11.5 Å². The van der Waals surface area contributed by atoms with Gasteiger partial charge in [-0.15, -0.1) is 0 Å². The summed E-state index contributed by atoms with van der Waals surface area (Å²) in [4.78, 5) is 10.6. The zero-order valence-electron chi connectivity index (χ0n) is 8.11. The number of carbonyl (C=O) groups excluding carboxylic acids is 1. The minimum absolute atomic E-state index is 0.0794. The topological polar surface area (TPSA) is 26.3 Å². The molecule has 0 atom stereocenters. The average Bonchev–Trinajstić information content (AvgIpc) is 2.14. The molecule has 0 fully saturated rings. The van der Waals surface area contributed by atoms with E-state index in [0.717, 1.165) is 0 Å². The molecule has 1 rings (SSSR count). The van der Waals surface area contributed by atoms with Gasteiger partial charge in [-0.1, -0.05) is 18.2 Å². The summed E-state index contributed by atoms with van der Waals surface area (Å²) in [5.41, 5.74) is 0.642. The fourth-order valence-corrected chi connectivity index (χ4v) is 1.01. The van der Waals surface area contributed by atoms with Gasteiger partial charge in [-0.05, 0) is 30.7 Å². The van der Waals surface area contributed by atoms with Gasteiger partial charge in [0.2, 0.25) is 0 Å². The Morgan fingerprint density at radius 3 is 2.80 bits per heavy atom. The number of halogens is 2. The number of alkyl halides is 2. The van der Waals surface area contributed by atoms with Gasteiger partial charge >= 0.3 is 6.61 Å². The molecule has 80 valence electrons. The molecule has 0 N–H and O–H groups in total. The highest BCUT2D eigenvalue weighted by Crippen LogP contribution is 2.16. The smallest absolute Gasteiger partial charge is 0.387 e. The lowest BCUT2D eigenvalue weighted by Crippen LogP contribution is -2.01. The lowest BCUT2D eigenvalue weighted by molar-refractivity contribution is -0.112. The molecule has 0 unspecified atom stereocenters. The average molecular weight is 212 g/mol. The zero-order chi connectivity index (χ0) is 11.3. The summed E-state index contributed by atoms with van der Waals surface area (Å²) in [5, 5.41) is 0. The highest BCUT2D eigenvalue weighted by atomic mass is 19.3. The molecular weight excluding hydrogens is 202 g/mol. The molecule has 1 aromatic carbocycles. The number of allylic oxidation sites excluding steroid dienone is 1. The number of benzene rings is 1. The third-order valence-electron chi connectivity index (χ3n) is 1.59. The van der Waals surface area contributed by atoms with E-state index in [2.05, 4.69) is 4.74 Å². The van der Waals surface area contributed by atoms with Gasteiger partial charge in [0.15, 0.2) is 5.78 Å². The number of hydrogen-bond donors (Lipinski definition) is 0. The molecule has 4 heteroatoms. The number of hydrogen-bond acceptors (Lipinski definition) is 2. The van der Waals surface area contributed by atoms with Crippen LogP contribution in [0.5, 0.6) is 5.75 Å². The van der Waals surface area contributed by atoms with Crippen molar-refractivity contribution in [2.45, 2.75) is 13.5 Å². The van der Waals surface area contributed by atoms with Gasteiger partial charge in [-0.3, -0.25) is 4.79 Å². The van der Waals surface area contributed by atoms with Crippen LogP contribution in [-0.2, 0) is 4.79 Å². The fraction of sp³-hybridized carbons (Fsp3) is 0.182. The molecule has 0 aliphatic heterocycles. The van der Waals surface area contributed by atoms with Crippen LogP contribution in [0.25, 0.3) is 6.08 Å². The van der Waals surface area contributed by atoms with Crippen LogP contribution < -0.4 is 4.74 Å². The Hall–Kier alpha value is -1.71. The van der Waals surface area contributed by atoms with Gasteiger partial charge in [-0.2, -0.15) is 8.78 Å². The Morgan fingerprint density at radius 2 is 2.20 bits per heavy atom. The van der Waals surface area contributed by atoms with Crippen molar-refractivity contribution in [3.63, 3.8) is 0 Å². The number of ketones is 1. The summed E-state index contributed by atoms with van der Waals surface area (Å²) in [6.45, 7) is -1.42. The summed E-state index contributed by atoms with van der Waals surface area (Å²) in [6, 6.07) is 6.14. The predicted octanol–water partition coefficient (Wildman–Crippen LogP) is 2.89. The SMILES string of the molecule is CC(=O)/C=C/c1cccc(OC(F)F)c1. The third kappa shape index (κ3) is 4.35. The zero-order valence-corrected chi connectivity index (χ0v) is 8.11. The molecule has 0 bridgehead atoms. The monoisotopic (exact) mass is 212 g/mol. The maximum atomic E-state index is 11.9. The lowest BCUT2D eigenvalue weighted by Gasteiger charge is -2.04. The Labute approximate surface area is 86.2 Å². The summed E-state index contributed by atoms with van der Waals surface area (Å²) >= 11 is 0. The quantitative estimate of drug-likeness (QED) is 0.717. The molecule has 0 saturated heterocycles. The Bertz CT molecular complexity index is 373. The van der Waals surface area contributed by atoms with Crippen molar-refractivity contribution in [1.29, 1.82) is 0 Å². The molecule has 0 aromatic heterocycles. The molecular formula is C11H10F2O2. The van der Waals surface area contributed by atoms with E-state index in [9.17, 15) is 13.6 Å². The molecule has 0 saturated carbocycles. The molecule has 0 amide bonds. The Balaban J connectivity index is 2.78. The van der Waals surface area contributed by atoms with E-state index < -0.39 is 6.61 Å². The van der Waals surface area contributed by atoms with E-state index in [1.54, 1.807) is 18.2 Å². The van der Waals surface area contributed by atoms with Crippen LogP contribution in [0.4, 0.5) is 8.78 Å². The second kappa shape index (κ2) is 5.24. The Morgan fingerprint density at radius 1 is 1.47 bits per heavy atom. The predicted molar refractivity (Wildman–Crippen MR) is 52.8 cm³/mol. The van der Waals surface area contributed by atoms with Crippen LogP contribution in [0.1, 0.15) is 12.5 Å². The van der Waals surface area contributed by atoms with Crippen molar-refractivity contribution >= 4 is 11.9 Å². The van der Waals surface area contributed by atoms with E-state index >= 15 is 0 Å². The van der Waals surface area contributed by atoms with E-state index in [1.807, 2.05) is 0 Å². The van der Waals surface area contributed by atoms with Gasteiger partial charge in [-0.25, -0.2) is 0 Å². The number of ether oxygens (including phenoxy) is 1. The molecule has 0 radical (unpaired) electrons. The molecule has 2 nitrogen and oxygen atoms in total. The maximum absolute atomic E-state index is 11.9. The van der Waals surface area contributed by atoms with E-state index in [1.165, 1.54) is 25.1 Å². The first kappa shape index (κ1) is 11.4. The summed E-state index contributed by atoms with van der Waals surface area (Å²) in [6.07, 6.45) is 2.90. The first-order valence-corrected chi connectivity index (χ1v) is 4.31. The second-order valence-corrected chi connectivity index (χ2v) is 2.89. The first-order chi connectivity index (χ1) is 7.08. The van der Waals surface area contributed by atoms with Crippen LogP contribution >= 0.6 is 0 Å². The normalized spacial score (nSPS) is 10.9. The minimum atomic E-state index is -2.84. The molecule has 0 aliphatic rings.